The second-order valence-electron chi connectivity index (χ2n) is 8.01. The van der Waals surface area contributed by atoms with Crippen molar-refractivity contribution < 1.29 is 34.0 Å². The van der Waals surface area contributed by atoms with Gasteiger partial charge in [0.15, 0.2) is 6.23 Å². The summed E-state index contributed by atoms with van der Waals surface area (Å²) in [7, 11) is 0. The van der Waals surface area contributed by atoms with Crippen LogP contribution in [0.2, 0.25) is 0 Å². The van der Waals surface area contributed by atoms with E-state index in [2.05, 4.69) is 0 Å². The van der Waals surface area contributed by atoms with E-state index in [1.54, 1.807) is 42.5 Å². The molecule has 0 aliphatic carbocycles. The molecule has 2 N–H and O–H groups in total. The molecule has 3 aromatic rings. The normalized spacial score (nSPS) is 21.3. The third-order valence-corrected chi connectivity index (χ3v) is 5.64. The summed E-state index contributed by atoms with van der Waals surface area (Å²) >= 11 is 0. The van der Waals surface area contributed by atoms with E-state index in [4.69, 9.17) is 14.2 Å². The Morgan fingerprint density at radius 2 is 1.64 bits per heavy atom. The number of hydrogen-bond acceptors (Lipinski definition) is 9. The minimum atomic E-state index is -1.42. The SMILES string of the molecule is O=C(CO[C@@H]1[C@H](O)[C@@H](CO)O[C@H]1n1ccc(=O)n(C(=O)c2ccccc2)c1=O)OCc1ccccc1. The second-order valence-corrected chi connectivity index (χ2v) is 8.01. The number of aliphatic hydroxyl groups excluding tert-OH is 2. The first kappa shape index (κ1) is 25.2. The van der Waals surface area contributed by atoms with Gasteiger partial charge in [0, 0.05) is 17.8 Å². The van der Waals surface area contributed by atoms with E-state index in [0.29, 0.717) is 4.57 Å². The lowest BCUT2D eigenvalue weighted by atomic mass is 10.1. The molecule has 0 saturated carbocycles. The van der Waals surface area contributed by atoms with Crippen molar-refractivity contribution >= 4 is 11.9 Å². The van der Waals surface area contributed by atoms with Crippen LogP contribution in [0, 0.1) is 0 Å². The molecule has 1 fully saturated rings. The highest BCUT2D eigenvalue weighted by molar-refractivity contribution is 5.95. The number of aliphatic hydroxyl groups is 2. The molecule has 188 valence electrons. The summed E-state index contributed by atoms with van der Waals surface area (Å²) in [6.07, 6.45) is -4.10. The molecule has 1 aliphatic heterocycles. The quantitative estimate of drug-likeness (QED) is 0.414. The van der Waals surface area contributed by atoms with E-state index in [0.717, 1.165) is 22.4 Å². The maximum Gasteiger partial charge on any atom is 0.340 e. The lowest BCUT2D eigenvalue weighted by molar-refractivity contribution is -0.156. The summed E-state index contributed by atoms with van der Waals surface area (Å²) in [5.41, 5.74) is -1.01. The molecule has 0 unspecified atom stereocenters. The molecule has 4 atom stereocenters. The zero-order valence-corrected chi connectivity index (χ0v) is 19.0. The zero-order valence-electron chi connectivity index (χ0n) is 19.0. The Kier molecular flexibility index (Phi) is 7.86. The molecule has 1 saturated heterocycles. The van der Waals surface area contributed by atoms with Gasteiger partial charge in [0.1, 0.15) is 31.5 Å². The fraction of sp³-hybridized carbons (Fsp3) is 0.280. The fourth-order valence-corrected chi connectivity index (χ4v) is 3.80. The van der Waals surface area contributed by atoms with Crippen molar-refractivity contribution in [1.29, 1.82) is 0 Å². The summed E-state index contributed by atoms with van der Waals surface area (Å²) < 4.78 is 17.6. The van der Waals surface area contributed by atoms with E-state index in [9.17, 15) is 29.4 Å². The first-order valence-corrected chi connectivity index (χ1v) is 11.1. The summed E-state index contributed by atoms with van der Waals surface area (Å²) in [5.74, 6) is -1.58. The van der Waals surface area contributed by atoms with Crippen LogP contribution in [0.25, 0.3) is 0 Å². The molecule has 2 heterocycles. The van der Waals surface area contributed by atoms with Crippen LogP contribution in [0.5, 0.6) is 0 Å². The number of ether oxygens (including phenoxy) is 3. The average Bonchev–Trinajstić information content (AvgIpc) is 3.22. The third-order valence-electron chi connectivity index (χ3n) is 5.64. The van der Waals surface area contributed by atoms with Crippen LogP contribution < -0.4 is 11.2 Å². The molecule has 11 heteroatoms. The van der Waals surface area contributed by atoms with Crippen LogP contribution in [0.3, 0.4) is 0 Å². The third kappa shape index (κ3) is 5.34. The fourth-order valence-electron chi connectivity index (χ4n) is 3.80. The Labute approximate surface area is 204 Å². The number of aromatic nitrogens is 2. The van der Waals surface area contributed by atoms with Gasteiger partial charge in [0.2, 0.25) is 0 Å². The standard InChI is InChI=1S/C25H24N2O9/c28-13-18-21(31)22(35-15-20(30)34-14-16-7-3-1-4-8-16)24(36-18)26-12-11-19(29)27(25(26)33)23(32)17-9-5-2-6-10-17/h1-12,18,21-22,24,28,31H,13-15H2/t18-,21-,22-,24-/m1/s1. The number of rotatable bonds is 8. The van der Waals surface area contributed by atoms with E-state index in [1.807, 2.05) is 6.07 Å². The van der Waals surface area contributed by atoms with E-state index >= 15 is 0 Å². The Balaban J connectivity index is 1.55. The maximum absolute atomic E-state index is 13.2. The predicted octanol–water partition coefficient (Wildman–Crippen LogP) is 0.0777. The maximum atomic E-state index is 13.2. The first-order chi connectivity index (χ1) is 17.4. The van der Waals surface area contributed by atoms with Gasteiger partial charge in [-0.05, 0) is 17.7 Å². The Hall–Kier alpha value is -3.90. The Morgan fingerprint density at radius 3 is 2.31 bits per heavy atom. The Bertz CT molecular complexity index is 1320. The van der Waals surface area contributed by atoms with Crippen molar-refractivity contribution in [2.24, 2.45) is 0 Å². The molecule has 2 aromatic carbocycles. The van der Waals surface area contributed by atoms with Crippen molar-refractivity contribution in [3.05, 3.63) is 105 Å². The smallest absolute Gasteiger partial charge is 0.340 e. The second kappa shape index (κ2) is 11.2. The molecular weight excluding hydrogens is 472 g/mol. The van der Waals surface area contributed by atoms with Gasteiger partial charge in [-0.1, -0.05) is 48.5 Å². The van der Waals surface area contributed by atoms with Gasteiger partial charge in [0.05, 0.1) is 6.61 Å². The number of nitrogens with zero attached hydrogens (tertiary/aromatic N) is 2. The van der Waals surface area contributed by atoms with Crippen molar-refractivity contribution in [1.82, 2.24) is 9.13 Å². The summed E-state index contributed by atoms with van der Waals surface area (Å²) in [5, 5.41) is 20.2. The van der Waals surface area contributed by atoms with Crippen LogP contribution >= 0.6 is 0 Å². The molecule has 0 spiro atoms. The summed E-state index contributed by atoms with van der Waals surface area (Å²) in [4.78, 5) is 50.6. The molecule has 11 nitrogen and oxygen atoms in total. The van der Waals surface area contributed by atoms with Crippen LogP contribution in [0.4, 0.5) is 0 Å². The molecule has 1 aromatic heterocycles. The van der Waals surface area contributed by atoms with Gasteiger partial charge in [-0.3, -0.25) is 14.2 Å². The van der Waals surface area contributed by atoms with Crippen LogP contribution in [-0.4, -0.2) is 62.7 Å². The number of carbonyl (C=O) groups excluding carboxylic acids is 2. The van der Waals surface area contributed by atoms with Crippen molar-refractivity contribution in [3.63, 3.8) is 0 Å². The molecular formula is C25H24N2O9. The van der Waals surface area contributed by atoms with Gasteiger partial charge in [-0.2, -0.15) is 4.57 Å². The average molecular weight is 496 g/mol. The first-order valence-electron chi connectivity index (χ1n) is 11.1. The van der Waals surface area contributed by atoms with Crippen LogP contribution in [0.15, 0.2) is 82.5 Å². The molecule has 0 bridgehead atoms. The number of benzene rings is 2. The molecule has 36 heavy (non-hydrogen) atoms. The zero-order chi connectivity index (χ0) is 25.7. The van der Waals surface area contributed by atoms with Gasteiger partial charge in [-0.15, -0.1) is 0 Å². The highest BCUT2D eigenvalue weighted by Gasteiger charge is 2.46. The van der Waals surface area contributed by atoms with Crippen molar-refractivity contribution in [3.8, 4) is 0 Å². The highest BCUT2D eigenvalue weighted by atomic mass is 16.6. The van der Waals surface area contributed by atoms with Gasteiger partial charge in [0.25, 0.3) is 11.5 Å². The topological polar surface area (TPSA) is 146 Å². The van der Waals surface area contributed by atoms with Gasteiger partial charge >= 0.3 is 11.7 Å². The molecule has 0 radical (unpaired) electrons. The van der Waals surface area contributed by atoms with E-state index in [1.165, 1.54) is 12.1 Å². The Morgan fingerprint density at radius 1 is 0.972 bits per heavy atom. The largest absolute Gasteiger partial charge is 0.459 e. The van der Waals surface area contributed by atoms with Crippen molar-refractivity contribution in [2.75, 3.05) is 13.2 Å². The van der Waals surface area contributed by atoms with Gasteiger partial charge in [-0.25, -0.2) is 9.59 Å². The van der Waals surface area contributed by atoms with Crippen LogP contribution in [-0.2, 0) is 25.6 Å². The predicted molar refractivity (Wildman–Crippen MR) is 124 cm³/mol. The highest BCUT2D eigenvalue weighted by Crippen LogP contribution is 2.30. The molecule has 1 aliphatic rings. The minimum absolute atomic E-state index is 0.0153. The van der Waals surface area contributed by atoms with Crippen LogP contribution in [0.1, 0.15) is 22.1 Å². The number of hydrogen-bond donors (Lipinski definition) is 2. The van der Waals surface area contributed by atoms with Gasteiger partial charge < -0.3 is 24.4 Å². The minimum Gasteiger partial charge on any atom is -0.459 e. The number of carbonyl (C=O) groups is 2. The summed E-state index contributed by atoms with van der Waals surface area (Å²) in [6.45, 7) is -1.17. The lowest BCUT2D eigenvalue weighted by Gasteiger charge is -2.22. The summed E-state index contributed by atoms with van der Waals surface area (Å²) in [6, 6.07) is 17.7. The monoisotopic (exact) mass is 496 g/mol. The lowest BCUT2D eigenvalue weighted by Crippen LogP contribution is -2.46. The van der Waals surface area contributed by atoms with E-state index in [-0.39, 0.29) is 12.2 Å². The molecule has 4 rings (SSSR count). The van der Waals surface area contributed by atoms with Crippen molar-refractivity contribution in [2.45, 2.75) is 31.1 Å². The van der Waals surface area contributed by atoms with E-state index < -0.39 is 60.9 Å². The number of esters is 1. The molecule has 0 amide bonds.